The van der Waals surface area contributed by atoms with Gasteiger partial charge >= 0.3 is 0 Å². The summed E-state index contributed by atoms with van der Waals surface area (Å²) < 4.78 is 0. The van der Waals surface area contributed by atoms with Crippen molar-refractivity contribution in [2.24, 2.45) is 0 Å². The molecule has 1 fully saturated rings. The molecule has 76 valence electrons. The van der Waals surface area contributed by atoms with Crippen LogP contribution in [0.5, 0.6) is 0 Å². The molecule has 0 bridgehead atoms. The van der Waals surface area contributed by atoms with Crippen LogP contribution in [0.1, 0.15) is 12.5 Å². The van der Waals surface area contributed by atoms with Crippen LogP contribution in [0.2, 0.25) is 0 Å². The van der Waals surface area contributed by atoms with Crippen molar-refractivity contribution in [2.45, 2.75) is 19.9 Å². The van der Waals surface area contributed by atoms with Gasteiger partial charge in [0.1, 0.15) is 0 Å². The molecule has 1 N–H and O–H groups in total. The highest BCUT2D eigenvalue weighted by Crippen LogP contribution is 2.09. The number of anilines is 1. The predicted molar refractivity (Wildman–Crippen MR) is 56.4 cm³/mol. The van der Waals surface area contributed by atoms with Crippen molar-refractivity contribution in [3.63, 3.8) is 0 Å². The van der Waals surface area contributed by atoms with E-state index >= 15 is 0 Å². The summed E-state index contributed by atoms with van der Waals surface area (Å²) >= 11 is 0. The second kappa shape index (κ2) is 3.92. The molecule has 14 heavy (non-hydrogen) atoms. The highest BCUT2D eigenvalue weighted by molar-refractivity contribution is 5.30. The minimum Gasteiger partial charge on any atom is -0.338 e. The average Bonchev–Trinajstić information content (AvgIpc) is 2.19. The molecule has 1 aliphatic heterocycles. The first-order valence-corrected chi connectivity index (χ1v) is 5.02. The van der Waals surface area contributed by atoms with Crippen molar-refractivity contribution < 1.29 is 0 Å². The van der Waals surface area contributed by atoms with E-state index in [1.54, 1.807) is 0 Å². The standard InChI is InChI=1S/C10H16N4/c1-8-5-12-10(13-6-8)14-4-3-11-9(2)7-14/h5-6,9,11H,3-4,7H2,1-2H3. The van der Waals surface area contributed by atoms with Crippen LogP contribution >= 0.6 is 0 Å². The molecule has 2 rings (SSSR count). The summed E-state index contributed by atoms with van der Waals surface area (Å²) in [6, 6.07) is 0.522. The molecule has 0 amide bonds. The lowest BCUT2D eigenvalue weighted by Gasteiger charge is -2.31. The first-order chi connectivity index (χ1) is 6.75. The van der Waals surface area contributed by atoms with Gasteiger partial charge in [0.2, 0.25) is 5.95 Å². The van der Waals surface area contributed by atoms with Gasteiger partial charge in [-0.3, -0.25) is 0 Å². The maximum absolute atomic E-state index is 4.32. The van der Waals surface area contributed by atoms with Crippen LogP contribution in [0.25, 0.3) is 0 Å². The average molecular weight is 192 g/mol. The monoisotopic (exact) mass is 192 g/mol. The van der Waals surface area contributed by atoms with E-state index in [9.17, 15) is 0 Å². The number of nitrogens with one attached hydrogen (secondary N) is 1. The van der Waals surface area contributed by atoms with E-state index in [1.165, 1.54) is 0 Å². The molecule has 0 aliphatic carbocycles. The van der Waals surface area contributed by atoms with Gasteiger partial charge in [-0.25, -0.2) is 9.97 Å². The lowest BCUT2D eigenvalue weighted by Crippen LogP contribution is -2.49. The van der Waals surface area contributed by atoms with Crippen LogP contribution in [0.4, 0.5) is 5.95 Å². The lowest BCUT2D eigenvalue weighted by atomic mass is 10.2. The molecule has 0 saturated carbocycles. The molecule has 1 aromatic heterocycles. The fourth-order valence-electron chi connectivity index (χ4n) is 1.66. The fourth-order valence-corrected chi connectivity index (χ4v) is 1.66. The zero-order chi connectivity index (χ0) is 9.97. The third-order valence-corrected chi connectivity index (χ3v) is 2.42. The molecule has 1 atom stereocenters. The summed E-state index contributed by atoms with van der Waals surface area (Å²) in [6.45, 7) is 7.18. The van der Waals surface area contributed by atoms with Crippen LogP contribution in [0, 0.1) is 6.92 Å². The number of aryl methyl sites for hydroxylation is 1. The molecular formula is C10H16N4. The van der Waals surface area contributed by atoms with E-state index in [-0.39, 0.29) is 0 Å². The molecule has 0 spiro atoms. The third-order valence-electron chi connectivity index (χ3n) is 2.42. The van der Waals surface area contributed by atoms with Crippen molar-refractivity contribution in [2.75, 3.05) is 24.5 Å². The Labute approximate surface area is 84.4 Å². The minimum absolute atomic E-state index is 0.522. The van der Waals surface area contributed by atoms with Crippen molar-refractivity contribution in [1.29, 1.82) is 0 Å². The van der Waals surface area contributed by atoms with E-state index in [0.29, 0.717) is 6.04 Å². The van der Waals surface area contributed by atoms with Gasteiger partial charge in [0.05, 0.1) is 0 Å². The summed E-state index contributed by atoms with van der Waals surface area (Å²) in [5.41, 5.74) is 1.11. The summed E-state index contributed by atoms with van der Waals surface area (Å²) in [4.78, 5) is 10.9. The van der Waals surface area contributed by atoms with Gasteiger partial charge in [-0.1, -0.05) is 0 Å². The number of rotatable bonds is 1. The molecule has 4 heteroatoms. The number of nitrogens with zero attached hydrogens (tertiary/aromatic N) is 3. The number of aromatic nitrogens is 2. The molecule has 0 aromatic carbocycles. The Kier molecular flexibility index (Phi) is 2.63. The highest BCUT2D eigenvalue weighted by Gasteiger charge is 2.17. The zero-order valence-corrected chi connectivity index (χ0v) is 8.70. The Hall–Kier alpha value is -1.16. The SMILES string of the molecule is Cc1cnc(N2CCNC(C)C2)nc1. The van der Waals surface area contributed by atoms with Gasteiger partial charge in [0, 0.05) is 38.1 Å². The van der Waals surface area contributed by atoms with Crippen LogP contribution < -0.4 is 10.2 Å². The van der Waals surface area contributed by atoms with Gasteiger partial charge in [0.15, 0.2) is 0 Å². The van der Waals surface area contributed by atoms with Crippen LogP contribution in [0.15, 0.2) is 12.4 Å². The first kappa shape index (κ1) is 9.40. The van der Waals surface area contributed by atoms with E-state index in [4.69, 9.17) is 0 Å². The zero-order valence-electron chi connectivity index (χ0n) is 8.70. The fraction of sp³-hybridized carbons (Fsp3) is 0.600. The summed E-state index contributed by atoms with van der Waals surface area (Å²) in [6.07, 6.45) is 3.74. The number of piperazine rings is 1. The summed E-state index contributed by atoms with van der Waals surface area (Å²) in [5, 5.41) is 3.40. The van der Waals surface area contributed by atoms with Crippen molar-refractivity contribution in [3.05, 3.63) is 18.0 Å². The van der Waals surface area contributed by atoms with E-state index in [2.05, 4.69) is 27.1 Å². The predicted octanol–water partition coefficient (Wildman–Crippen LogP) is 0.583. The minimum atomic E-state index is 0.522. The first-order valence-electron chi connectivity index (χ1n) is 5.02. The molecule has 1 aliphatic rings. The van der Waals surface area contributed by atoms with Crippen molar-refractivity contribution in [3.8, 4) is 0 Å². The van der Waals surface area contributed by atoms with Crippen molar-refractivity contribution in [1.82, 2.24) is 15.3 Å². The largest absolute Gasteiger partial charge is 0.338 e. The van der Waals surface area contributed by atoms with E-state index in [0.717, 1.165) is 31.1 Å². The highest BCUT2D eigenvalue weighted by atomic mass is 15.3. The Balaban J connectivity index is 2.10. The second-order valence-corrected chi connectivity index (χ2v) is 3.86. The van der Waals surface area contributed by atoms with E-state index < -0.39 is 0 Å². The quantitative estimate of drug-likeness (QED) is 0.707. The molecule has 4 nitrogen and oxygen atoms in total. The molecule has 1 unspecified atom stereocenters. The van der Waals surface area contributed by atoms with Gasteiger partial charge < -0.3 is 10.2 Å². The molecule has 1 saturated heterocycles. The van der Waals surface area contributed by atoms with Crippen LogP contribution in [-0.2, 0) is 0 Å². The third kappa shape index (κ3) is 2.01. The van der Waals surface area contributed by atoms with Crippen LogP contribution in [0.3, 0.4) is 0 Å². The summed E-state index contributed by atoms with van der Waals surface area (Å²) in [7, 11) is 0. The molecule has 1 aromatic rings. The maximum atomic E-state index is 4.32. The van der Waals surface area contributed by atoms with Gasteiger partial charge in [-0.05, 0) is 19.4 Å². The smallest absolute Gasteiger partial charge is 0.225 e. The Bertz CT molecular complexity index is 295. The Morgan fingerprint density at radius 3 is 2.79 bits per heavy atom. The van der Waals surface area contributed by atoms with E-state index in [1.807, 2.05) is 19.3 Å². The molecule has 2 heterocycles. The Morgan fingerprint density at radius 1 is 1.43 bits per heavy atom. The normalized spacial score (nSPS) is 22.4. The van der Waals surface area contributed by atoms with Gasteiger partial charge in [0.25, 0.3) is 0 Å². The maximum Gasteiger partial charge on any atom is 0.225 e. The number of hydrogen-bond donors (Lipinski definition) is 1. The van der Waals surface area contributed by atoms with Crippen molar-refractivity contribution >= 4 is 5.95 Å². The van der Waals surface area contributed by atoms with Gasteiger partial charge in [-0.15, -0.1) is 0 Å². The van der Waals surface area contributed by atoms with Crippen LogP contribution in [-0.4, -0.2) is 35.6 Å². The summed E-state index contributed by atoms with van der Waals surface area (Å²) in [5.74, 6) is 0.851. The van der Waals surface area contributed by atoms with Gasteiger partial charge in [-0.2, -0.15) is 0 Å². The Morgan fingerprint density at radius 2 is 2.14 bits per heavy atom. The molecular weight excluding hydrogens is 176 g/mol. The number of hydrogen-bond acceptors (Lipinski definition) is 4. The molecule has 0 radical (unpaired) electrons. The second-order valence-electron chi connectivity index (χ2n) is 3.86. The lowest BCUT2D eigenvalue weighted by molar-refractivity contribution is 0.479. The topological polar surface area (TPSA) is 41.1 Å².